The fourth-order valence-electron chi connectivity index (χ4n) is 1.81. The summed E-state index contributed by atoms with van der Waals surface area (Å²) in [6.07, 6.45) is 2.09. The number of hydrogen-bond donors (Lipinski definition) is 0. The van der Waals surface area contributed by atoms with E-state index in [9.17, 15) is 8.42 Å². The van der Waals surface area contributed by atoms with Gasteiger partial charge in [-0.15, -0.1) is 0 Å². The summed E-state index contributed by atoms with van der Waals surface area (Å²) in [4.78, 5) is 0. The maximum atomic E-state index is 11.6. The van der Waals surface area contributed by atoms with Gasteiger partial charge in [-0.05, 0) is 33.6 Å². The molecule has 1 aliphatic rings. The maximum Gasteiger partial charge on any atom is 0.213 e. The van der Waals surface area contributed by atoms with Crippen LogP contribution in [0.5, 0.6) is 0 Å². The second-order valence-corrected chi connectivity index (χ2v) is 6.44. The summed E-state index contributed by atoms with van der Waals surface area (Å²) in [6.45, 7) is 6.91. The third-order valence-corrected chi connectivity index (χ3v) is 4.51. The van der Waals surface area contributed by atoms with Gasteiger partial charge in [-0.3, -0.25) is 0 Å². The Hall–Kier alpha value is -0.130. The lowest BCUT2D eigenvalue weighted by atomic mass is 10.1. The van der Waals surface area contributed by atoms with E-state index in [2.05, 4.69) is 0 Å². The second kappa shape index (κ2) is 5.27. The van der Waals surface area contributed by atoms with Crippen LogP contribution < -0.4 is 0 Å². The van der Waals surface area contributed by atoms with Gasteiger partial charge in [0.25, 0.3) is 0 Å². The topological polar surface area (TPSA) is 46.6 Å². The van der Waals surface area contributed by atoms with Crippen LogP contribution >= 0.6 is 0 Å². The lowest BCUT2D eigenvalue weighted by molar-refractivity contribution is -0.0168. The molecule has 0 unspecified atom stereocenters. The quantitative estimate of drug-likeness (QED) is 0.736. The van der Waals surface area contributed by atoms with Crippen molar-refractivity contribution in [2.24, 2.45) is 0 Å². The number of ether oxygens (including phenoxy) is 1. The molecule has 0 atom stereocenters. The van der Waals surface area contributed by atoms with Crippen LogP contribution in [-0.2, 0) is 14.8 Å². The fourth-order valence-corrected chi connectivity index (χ4v) is 2.95. The normalized spacial score (nSPS) is 21.1. The number of rotatable bonds is 4. The van der Waals surface area contributed by atoms with Crippen molar-refractivity contribution in [3.8, 4) is 0 Å². The van der Waals surface area contributed by atoms with Gasteiger partial charge in [-0.25, -0.2) is 12.7 Å². The minimum Gasteiger partial charge on any atom is -0.375 e. The molecule has 15 heavy (non-hydrogen) atoms. The highest BCUT2D eigenvalue weighted by Gasteiger charge is 2.27. The van der Waals surface area contributed by atoms with E-state index >= 15 is 0 Å². The Bertz CT molecular complexity index is 279. The van der Waals surface area contributed by atoms with Crippen LogP contribution in [0.15, 0.2) is 0 Å². The van der Waals surface area contributed by atoms with E-state index in [0.717, 1.165) is 12.8 Å². The van der Waals surface area contributed by atoms with Crippen molar-refractivity contribution in [2.75, 3.05) is 18.8 Å². The van der Waals surface area contributed by atoms with Crippen LogP contribution in [0, 0.1) is 0 Å². The molecule has 0 spiro atoms. The molecule has 1 heterocycles. The Morgan fingerprint density at radius 1 is 1.33 bits per heavy atom. The van der Waals surface area contributed by atoms with E-state index in [4.69, 9.17) is 4.74 Å². The lowest BCUT2D eigenvalue weighted by Crippen LogP contribution is -2.42. The molecule has 1 rings (SSSR count). The summed E-state index contributed by atoms with van der Waals surface area (Å²) in [7, 11) is -3.00. The average molecular weight is 235 g/mol. The van der Waals surface area contributed by atoms with Crippen molar-refractivity contribution in [3.05, 3.63) is 0 Å². The Labute approximate surface area is 92.7 Å². The highest BCUT2D eigenvalue weighted by molar-refractivity contribution is 7.89. The van der Waals surface area contributed by atoms with Gasteiger partial charge in [0.05, 0.1) is 18.0 Å². The molecule has 0 amide bonds. The molecule has 0 N–H and O–H groups in total. The summed E-state index contributed by atoms with van der Waals surface area (Å²) < 4.78 is 30.4. The SMILES string of the molecule is CCS(=O)(=O)N1CCC(OC(C)C)CC1. The summed E-state index contributed by atoms with van der Waals surface area (Å²) in [5.41, 5.74) is 0. The van der Waals surface area contributed by atoms with Crippen molar-refractivity contribution in [2.45, 2.75) is 45.8 Å². The lowest BCUT2D eigenvalue weighted by Gasteiger charge is -2.31. The first-order valence-corrected chi connectivity index (χ1v) is 7.20. The highest BCUT2D eigenvalue weighted by Crippen LogP contribution is 2.17. The smallest absolute Gasteiger partial charge is 0.213 e. The highest BCUT2D eigenvalue weighted by atomic mass is 32.2. The van der Waals surface area contributed by atoms with Crippen LogP contribution in [0.25, 0.3) is 0 Å². The van der Waals surface area contributed by atoms with E-state index in [1.807, 2.05) is 13.8 Å². The van der Waals surface area contributed by atoms with E-state index < -0.39 is 10.0 Å². The predicted octanol–water partition coefficient (Wildman–Crippen LogP) is 1.23. The molecular weight excluding hydrogens is 214 g/mol. The number of piperidine rings is 1. The van der Waals surface area contributed by atoms with Gasteiger partial charge in [-0.2, -0.15) is 0 Å². The number of sulfonamides is 1. The van der Waals surface area contributed by atoms with E-state index in [0.29, 0.717) is 13.1 Å². The minimum atomic E-state index is -3.00. The Morgan fingerprint density at radius 3 is 2.27 bits per heavy atom. The molecule has 0 aliphatic carbocycles. The molecule has 1 saturated heterocycles. The summed E-state index contributed by atoms with van der Waals surface area (Å²) in [5.74, 6) is 0.197. The summed E-state index contributed by atoms with van der Waals surface area (Å²) in [5, 5.41) is 0. The van der Waals surface area contributed by atoms with Crippen LogP contribution in [0.2, 0.25) is 0 Å². The molecule has 0 aromatic carbocycles. The van der Waals surface area contributed by atoms with Crippen molar-refractivity contribution in [3.63, 3.8) is 0 Å². The van der Waals surface area contributed by atoms with E-state index in [1.165, 1.54) is 0 Å². The molecule has 90 valence electrons. The third-order valence-electron chi connectivity index (χ3n) is 2.62. The molecule has 0 saturated carbocycles. The third kappa shape index (κ3) is 3.74. The van der Waals surface area contributed by atoms with Gasteiger partial charge in [-0.1, -0.05) is 0 Å². The fraction of sp³-hybridized carbons (Fsp3) is 1.00. The first-order valence-electron chi connectivity index (χ1n) is 5.59. The van der Waals surface area contributed by atoms with Crippen LogP contribution in [0.4, 0.5) is 0 Å². The Balaban J connectivity index is 2.43. The Kier molecular flexibility index (Phi) is 4.55. The van der Waals surface area contributed by atoms with Crippen LogP contribution in [0.1, 0.15) is 33.6 Å². The molecule has 0 bridgehead atoms. The first kappa shape index (κ1) is 12.9. The molecule has 5 heteroatoms. The van der Waals surface area contributed by atoms with Crippen molar-refractivity contribution < 1.29 is 13.2 Å². The van der Waals surface area contributed by atoms with Gasteiger partial charge in [0.1, 0.15) is 0 Å². The largest absolute Gasteiger partial charge is 0.375 e. The summed E-state index contributed by atoms with van der Waals surface area (Å²) >= 11 is 0. The summed E-state index contributed by atoms with van der Waals surface area (Å²) in [6, 6.07) is 0. The standard InChI is InChI=1S/C10H21NO3S/c1-4-15(12,13)11-7-5-10(6-8-11)14-9(2)3/h9-10H,4-8H2,1-3H3. The number of hydrogen-bond acceptors (Lipinski definition) is 3. The Morgan fingerprint density at radius 2 is 1.87 bits per heavy atom. The molecular formula is C10H21NO3S. The number of nitrogens with zero attached hydrogens (tertiary/aromatic N) is 1. The van der Waals surface area contributed by atoms with Gasteiger partial charge in [0.15, 0.2) is 0 Å². The molecule has 4 nitrogen and oxygen atoms in total. The van der Waals surface area contributed by atoms with Gasteiger partial charge in [0.2, 0.25) is 10.0 Å². The van der Waals surface area contributed by atoms with Gasteiger partial charge >= 0.3 is 0 Å². The molecule has 0 aromatic heterocycles. The predicted molar refractivity (Wildman–Crippen MR) is 60.3 cm³/mol. The van der Waals surface area contributed by atoms with E-state index in [1.54, 1.807) is 11.2 Å². The van der Waals surface area contributed by atoms with Crippen molar-refractivity contribution >= 4 is 10.0 Å². The van der Waals surface area contributed by atoms with Crippen molar-refractivity contribution in [1.82, 2.24) is 4.31 Å². The van der Waals surface area contributed by atoms with E-state index in [-0.39, 0.29) is 18.0 Å². The zero-order valence-corrected chi connectivity index (χ0v) is 10.6. The molecule has 1 aliphatic heterocycles. The second-order valence-electron chi connectivity index (χ2n) is 4.18. The van der Waals surface area contributed by atoms with Crippen LogP contribution in [0.3, 0.4) is 0 Å². The molecule has 1 fully saturated rings. The van der Waals surface area contributed by atoms with Gasteiger partial charge < -0.3 is 4.74 Å². The average Bonchev–Trinajstić information content (AvgIpc) is 2.18. The monoisotopic (exact) mass is 235 g/mol. The van der Waals surface area contributed by atoms with Crippen LogP contribution in [-0.4, -0.2) is 43.8 Å². The zero-order valence-electron chi connectivity index (χ0n) is 9.77. The maximum absolute atomic E-state index is 11.6. The first-order chi connectivity index (χ1) is 6.95. The van der Waals surface area contributed by atoms with Crippen molar-refractivity contribution in [1.29, 1.82) is 0 Å². The molecule has 0 aromatic rings. The minimum absolute atomic E-state index is 0.197. The van der Waals surface area contributed by atoms with Gasteiger partial charge in [0, 0.05) is 13.1 Å². The molecule has 0 radical (unpaired) electrons. The zero-order chi connectivity index (χ0) is 11.5.